The first-order valence-electron chi connectivity index (χ1n) is 9.31. The van der Waals surface area contributed by atoms with Crippen molar-refractivity contribution in [2.45, 2.75) is 42.4 Å². The monoisotopic (exact) mass is 418 g/mol. The number of thioether (sulfide) groups is 1. The van der Waals surface area contributed by atoms with Crippen LogP contribution in [0.25, 0.3) is 0 Å². The summed E-state index contributed by atoms with van der Waals surface area (Å²) in [7, 11) is 1.27. The van der Waals surface area contributed by atoms with Crippen molar-refractivity contribution in [3.05, 3.63) is 23.3 Å². The van der Waals surface area contributed by atoms with Crippen molar-refractivity contribution in [3.63, 3.8) is 0 Å². The number of methoxy groups -OCH3 is 1. The van der Waals surface area contributed by atoms with Crippen LogP contribution >= 0.6 is 11.8 Å². The highest BCUT2D eigenvalue weighted by molar-refractivity contribution is 7.98. The van der Waals surface area contributed by atoms with Crippen LogP contribution in [0.3, 0.4) is 0 Å². The number of carbonyl (C=O) groups excluding carboxylic acids is 1. The molecule has 28 heavy (non-hydrogen) atoms. The van der Waals surface area contributed by atoms with Gasteiger partial charge in [-0.2, -0.15) is 13.2 Å². The molecule has 0 spiro atoms. The number of halogens is 3. The third-order valence-electron chi connectivity index (χ3n) is 5.31. The van der Waals surface area contributed by atoms with E-state index in [0.29, 0.717) is 13.2 Å². The molecule has 9 heteroatoms. The predicted molar refractivity (Wildman–Crippen MR) is 101 cm³/mol. The number of amides is 1. The average Bonchev–Trinajstić information content (AvgIpc) is 3.21. The number of nitrogens with one attached hydrogen (secondary N) is 1. The second kappa shape index (κ2) is 8.92. The highest BCUT2D eigenvalue weighted by atomic mass is 32.2. The summed E-state index contributed by atoms with van der Waals surface area (Å²) in [5, 5.41) is 2.99. The number of ether oxygens (including phenoxy) is 2. The number of carbonyl (C=O) groups is 1. The number of likely N-dealkylation sites (tertiary alicyclic amines) is 1. The van der Waals surface area contributed by atoms with Gasteiger partial charge in [0, 0.05) is 17.5 Å². The maximum absolute atomic E-state index is 13.2. The molecule has 2 aliphatic rings. The van der Waals surface area contributed by atoms with Gasteiger partial charge in [-0.15, -0.1) is 11.8 Å². The SMILES string of the molecule is COc1cc(C(F)(F)F)cc(SC)c1C(=O)N[C@@H]1COCC[C@@H]1N1CCCC1. The first-order chi connectivity index (χ1) is 13.3. The number of benzene rings is 1. The van der Waals surface area contributed by atoms with Crippen molar-refractivity contribution in [1.29, 1.82) is 0 Å². The summed E-state index contributed by atoms with van der Waals surface area (Å²) >= 11 is 1.09. The van der Waals surface area contributed by atoms with Gasteiger partial charge in [0.05, 0.1) is 30.9 Å². The van der Waals surface area contributed by atoms with Gasteiger partial charge in [-0.3, -0.25) is 9.69 Å². The molecule has 0 aromatic heterocycles. The molecule has 0 saturated carbocycles. The van der Waals surface area contributed by atoms with E-state index >= 15 is 0 Å². The van der Waals surface area contributed by atoms with E-state index in [1.807, 2.05) is 0 Å². The predicted octanol–water partition coefficient (Wildman–Crippen LogP) is 3.42. The largest absolute Gasteiger partial charge is 0.496 e. The second-order valence-corrected chi connectivity index (χ2v) is 7.86. The number of nitrogens with zero attached hydrogens (tertiary/aromatic N) is 1. The molecular weight excluding hydrogens is 393 g/mol. The highest BCUT2D eigenvalue weighted by Gasteiger charge is 2.36. The quantitative estimate of drug-likeness (QED) is 0.743. The zero-order valence-corrected chi connectivity index (χ0v) is 16.8. The van der Waals surface area contributed by atoms with E-state index in [9.17, 15) is 18.0 Å². The van der Waals surface area contributed by atoms with Crippen LogP contribution in [-0.2, 0) is 10.9 Å². The molecule has 1 N–H and O–H groups in total. The van der Waals surface area contributed by atoms with Crippen molar-refractivity contribution in [2.24, 2.45) is 0 Å². The lowest BCUT2D eigenvalue weighted by Gasteiger charge is -2.38. The van der Waals surface area contributed by atoms with E-state index in [0.717, 1.165) is 56.2 Å². The highest BCUT2D eigenvalue weighted by Crippen LogP contribution is 2.38. The third-order valence-corrected chi connectivity index (χ3v) is 6.07. The van der Waals surface area contributed by atoms with Crippen LogP contribution in [0.4, 0.5) is 13.2 Å². The molecule has 2 fully saturated rings. The molecule has 1 aromatic carbocycles. The first-order valence-corrected chi connectivity index (χ1v) is 10.5. The van der Waals surface area contributed by atoms with E-state index in [4.69, 9.17) is 9.47 Å². The molecule has 2 atom stereocenters. The molecule has 2 saturated heterocycles. The normalized spacial score (nSPS) is 23.6. The summed E-state index contributed by atoms with van der Waals surface area (Å²) in [5.41, 5.74) is -0.699. The molecule has 5 nitrogen and oxygen atoms in total. The lowest BCUT2D eigenvalue weighted by Crippen LogP contribution is -2.56. The number of alkyl halides is 3. The molecule has 3 rings (SSSR count). The Hall–Kier alpha value is -1.45. The minimum Gasteiger partial charge on any atom is -0.496 e. The molecule has 2 aliphatic heterocycles. The molecule has 1 amide bonds. The maximum Gasteiger partial charge on any atom is 0.416 e. The molecule has 2 heterocycles. The minimum atomic E-state index is -4.51. The lowest BCUT2D eigenvalue weighted by atomic mass is 10.0. The van der Waals surface area contributed by atoms with Gasteiger partial charge >= 0.3 is 6.18 Å². The van der Waals surface area contributed by atoms with E-state index < -0.39 is 17.6 Å². The Bertz CT molecular complexity index is 683. The Kier molecular flexibility index (Phi) is 6.77. The molecule has 0 aliphatic carbocycles. The average molecular weight is 418 g/mol. The summed E-state index contributed by atoms with van der Waals surface area (Å²) < 4.78 is 50.2. The van der Waals surface area contributed by atoms with Gasteiger partial charge in [0.1, 0.15) is 5.75 Å². The van der Waals surface area contributed by atoms with Gasteiger partial charge in [0.25, 0.3) is 5.91 Å². The Labute approximate surface area is 166 Å². The maximum atomic E-state index is 13.2. The molecule has 1 aromatic rings. The van der Waals surface area contributed by atoms with Crippen LogP contribution in [0.1, 0.15) is 35.2 Å². The van der Waals surface area contributed by atoms with E-state index in [2.05, 4.69) is 10.2 Å². The Morgan fingerprint density at radius 1 is 1.32 bits per heavy atom. The van der Waals surface area contributed by atoms with Crippen molar-refractivity contribution in [1.82, 2.24) is 10.2 Å². The minimum absolute atomic E-state index is 0.0777. The van der Waals surface area contributed by atoms with Gasteiger partial charge in [0.2, 0.25) is 0 Å². The van der Waals surface area contributed by atoms with E-state index in [1.54, 1.807) is 6.26 Å². The zero-order chi connectivity index (χ0) is 20.3. The van der Waals surface area contributed by atoms with Gasteiger partial charge in [0.15, 0.2) is 0 Å². The van der Waals surface area contributed by atoms with Crippen LogP contribution in [0, 0.1) is 0 Å². The summed E-state index contributed by atoms with van der Waals surface area (Å²) in [6.07, 6.45) is 0.237. The summed E-state index contributed by atoms with van der Waals surface area (Å²) in [6.45, 7) is 3.03. The molecular formula is C19H25F3N2O3S. The van der Waals surface area contributed by atoms with E-state index in [1.165, 1.54) is 7.11 Å². The first kappa shape index (κ1) is 21.3. The standard InChI is InChI=1S/C19H25F3N2O3S/c1-26-15-9-12(19(20,21)22)10-16(28-2)17(15)18(25)23-13-11-27-8-5-14(13)24-6-3-4-7-24/h9-10,13-14H,3-8,11H2,1-2H3,(H,23,25)/t13-,14+/m1/s1. The fourth-order valence-electron chi connectivity index (χ4n) is 3.91. The molecule has 0 bridgehead atoms. The fourth-order valence-corrected chi connectivity index (χ4v) is 4.56. The molecule has 156 valence electrons. The van der Waals surface area contributed by atoms with Gasteiger partial charge in [-0.05, 0) is 50.7 Å². The number of hydrogen-bond donors (Lipinski definition) is 1. The molecule has 0 radical (unpaired) electrons. The topological polar surface area (TPSA) is 50.8 Å². The summed E-state index contributed by atoms with van der Waals surface area (Å²) in [6, 6.07) is 1.85. The zero-order valence-electron chi connectivity index (χ0n) is 16.0. The van der Waals surface area contributed by atoms with Crippen LogP contribution in [-0.4, -0.2) is 62.6 Å². The molecule has 0 unspecified atom stereocenters. The smallest absolute Gasteiger partial charge is 0.416 e. The van der Waals surface area contributed by atoms with Crippen LogP contribution in [0.5, 0.6) is 5.75 Å². The van der Waals surface area contributed by atoms with Crippen molar-refractivity contribution in [3.8, 4) is 5.75 Å². The Morgan fingerprint density at radius 2 is 2.04 bits per heavy atom. The van der Waals surface area contributed by atoms with Crippen LogP contribution in [0.2, 0.25) is 0 Å². The van der Waals surface area contributed by atoms with Gasteiger partial charge in [-0.1, -0.05) is 0 Å². The van der Waals surface area contributed by atoms with Crippen molar-refractivity contribution < 1.29 is 27.4 Å². The number of rotatable bonds is 5. The van der Waals surface area contributed by atoms with Crippen LogP contribution in [0.15, 0.2) is 17.0 Å². The van der Waals surface area contributed by atoms with Crippen LogP contribution < -0.4 is 10.1 Å². The fraction of sp³-hybridized carbons (Fsp3) is 0.632. The Morgan fingerprint density at radius 3 is 2.64 bits per heavy atom. The lowest BCUT2D eigenvalue weighted by molar-refractivity contribution is -0.137. The number of hydrogen-bond acceptors (Lipinski definition) is 5. The summed E-state index contributed by atoms with van der Waals surface area (Å²) in [5.74, 6) is -0.513. The summed E-state index contributed by atoms with van der Waals surface area (Å²) in [4.78, 5) is 15.6. The van der Waals surface area contributed by atoms with Gasteiger partial charge < -0.3 is 14.8 Å². The van der Waals surface area contributed by atoms with E-state index in [-0.39, 0.29) is 28.3 Å². The van der Waals surface area contributed by atoms with Crippen molar-refractivity contribution >= 4 is 17.7 Å². The van der Waals surface area contributed by atoms with Gasteiger partial charge in [-0.25, -0.2) is 0 Å². The Balaban J connectivity index is 1.86. The second-order valence-electron chi connectivity index (χ2n) is 7.01. The third kappa shape index (κ3) is 4.58. The van der Waals surface area contributed by atoms with Crippen molar-refractivity contribution in [2.75, 3.05) is 39.7 Å².